The van der Waals surface area contributed by atoms with E-state index in [1.54, 1.807) is 6.20 Å². The molecule has 1 amide bonds. The van der Waals surface area contributed by atoms with Gasteiger partial charge in [0, 0.05) is 38.6 Å². The molecule has 27 heavy (non-hydrogen) atoms. The third-order valence-electron chi connectivity index (χ3n) is 5.52. The van der Waals surface area contributed by atoms with Gasteiger partial charge in [-0.1, -0.05) is 12.1 Å². The molecule has 1 N–H and O–H groups in total. The van der Waals surface area contributed by atoms with Gasteiger partial charge in [-0.25, -0.2) is 4.98 Å². The maximum Gasteiger partial charge on any atom is 0.257 e. The molecule has 2 aliphatic heterocycles. The Morgan fingerprint density at radius 3 is 2.63 bits per heavy atom. The van der Waals surface area contributed by atoms with Gasteiger partial charge in [-0.05, 0) is 44.2 Å². The number of ether oxygens (including phenoxy) is 1. The number of hydrogen-bond acceptors (Lipinski definition) is 4. The lowest BCUT2D eigenvalue weighted by Crippen LogP contribution is -2.39. The molecule has 0 atom stereocenters. The van der Waals surface area contributed by atoms with Crippen molar-refractivity contribution in [1.82, 2.24) is 19.8 Å². The fourth-order valence-corrected chi connectivity index (χ4v) is 3.97. The number of para-hydroxylation sites is 1. The SMILES string of the molecule is O=C(c1ccccc1OC1CCN(Cc2ncc[nH]2)CC1)N1CCCCC1. The van der Waals surface area contributed by atoms with Crippen LogP contribution in [0.15, 0.2) is 36.7 Å². The number of aromatic nitrogens is 2. The fourth-order valence-electron chi connectivity index (χ4n) is 3.97. The van der Waals surface area contributed by atoms with Gasteiger partial charge >= 0.3 is 0 Å². The van der Waals surface area contributed by atoms with Crippen LogP contribution in [0.2, 0.25) is 0 Å². The highest BCUT2D eigenvalue weighted by Crippen LogP contribution is 2.25. The molecular formula is C21H28N4O2. The van der Waals surface area contributed by atoms with E-state index in [0.717, 1.165) is 70.0 Å². The van der Waals surface area contributed by atoms with Crippen LogP contribution in [-0.2, 0) is 6.54 Å². The zero-order valence-corrected chi connectivity index (χ0v) is 15.8. The minimum atomic E-state index is 0.112. The van der Waals surface area contributed by atoms with E-state index in [2.05, 4.69) is 14.9 Å². The van der Waals surface area contributed by atoms with Gasteiger partial charge in [-0.3, -0.25) is 9.69 Å². The molecule has 1 aromatic heterocycles. The summed E-state index contributed by atoms with van der Waals surface area (Å²) in [6, 6.07) is 7.72. The van der Waals surface area contributed by atoms with Gasteiger partial charge in [0.05, 0.1) is 12.1 Å². The zero-order valence-electron chi connectivity index (χ0n) is 15.8. The largest absolute Gasteiger partial charge is 0.489 e. The van der Waals surface area contributed by atoms with Gasteiger partial charge < -0.3 is 14.6 Å². The molecule has 0 spiro atoms. The van der Waals surface area contributed by atoms with Gasteiger partial charge in [0.15, 0.2) is 0 Å². The molecule has 0 aliphatic carbocycles. The molecule has 144 valence electrons. The monoisotopic (exact) mass is 368 g/mol. The Labute approximate surface area is 160 Å². The Morgan fingerprint density at radius 1 is 1.11 bits per heavy atom. The number of nitrogens with zero attached hydrogens (tertiary/aromatic N) is 3. The lowest BCUT2D eigenvalue weighted by Gasteiger charge is -2.32. The van der Waals surface area contributed by atoms with Gasteiger partial charge in [-0.2, -0.15) is 0 Å². The van der Waals surface area contributed by atoms with Crippen molar-refractivity contribution < 1.29 is 9.53 Å². The van der Waals surface area contributed by atoms with Crippen LogP contribution in [0.5, 0.6) is 5.75 Å². The Kier molecular flexibility index (Phi) is 5.72. The summed E-state index contributed by atoms with van der Waals surface area (Å²) in [5.74, 6) is 1.85. The van der Waals surface area contributed by atoms with E-state index in [1.807, 2.05) is 35.4 Å². The van der Waals surface area contributed by atoms with Gasteiger partial charge in [0.1, 0.15) is 17.7 Å². The molecule has 6 heteroatoms. The van der Waals surface area contributed by atoms with E-state index >= 15 is 0 Å². The number of hydrogen-bond donors (Lipinski definition) is 1. The highest BCUT2D eigenvalue weighted by Gasteiger charge is 2.25. The quantitative estimate of drug-likeness (QED) is 0.881. The number of carbonyl (C=O) groups excluding carboxylic acids is 1. The molecule has 2 saturated heterocycles. The average Bonchev–Trinajstić information content (AvgIpc) is 3.23. The minimum Gasteiger partial charge on any atom is -0.489 e. The van der Waals surface area contributed by atoms with Crippen LogP contribution >= 0.6 is 0 Å². The molecule has 1 aromatic carbocycles. The first-order chi connectivity index (χ1) is 13.3. The van der Waals surface area contributed by atoms with Crippen LogP contribution in [0.3, 0.4) is 0 Å². The summed E-state index contributed by atoms with van der Waals surface area (Å²) >= 11 is 0. The summed E-state index contributed by atoms with van der Waals surface area (Å²) in [7, 11) is 0. The van der Waals surface area contributed by atoms with Crippen LogP contribution < -0.4 is 4.74 Å². The fraction of sp³-hybridized carbons (Fsp3) is 0.524. The number of piperidine rings is 2. The van der Waals surface area contributed by atoms with Crippen molar-refractivity contribution >= 4 is 5.91 Å². The van der Waals surface area contributed by atoms with Crippen LogP contribution in [-0.4, -0.2) is 58.0 Å². The topological polar surface area (TPSA) is 61.5 Å². The van der Waals surface area contributed by atoms with Crippen molar-refractivity contribution in [3.8, 4) is 5.75 Å². The number of rotatable bonds is 5. The molecule has 4 rings (SSSR count). The molecule has 0 radical (unpaired) electrons. The van der Waals surface area contributed by atoms with E-state index in [0.29, 0.717) is 5.56 Å². The minimum absolute atomic E-state index is 0.112. The molecule has 3 heterocycles. The highest BCUT2D eigenvalue weighted by molar-refractivity contribution is 5.97. The van der Waals surface area contributed by atoms with Crippen molar-refractivity contribution in [3.05, 3.63) is 48.0 Å². The molecule has 0 unspecified atom stereocenters. The third kappa shape index (κ3) is 4.50. The van der Waals surface area contributed by atoms with Crippen molar-refractivity contribution in [2.45, 2.75) is 44.8 Å². The van der Waals surface area contributed by atoms with E-state index in [9.17, 15) is 4.79 Å². The van der Waals surface area contributed by atoms with Crippen molar-refractivity contribution in [2.24, 2.45) is 0 Å². The number of aromatic amines is 1. The maximum atomic E-state index is 12.9. The summed E-state index contributed by atoms with van der Waals surface area (Å²) in [4.78, 5) is 24.7. The molecule has 2 aliphatic rings. The standard InChI is InChI=1S/C21H28N4O2/c26-21(25-12-4-1-5-13-25)18-6-2-3-7-19(18)27-17-8-14-24(15-9-17)16-20-22-10-11-23-20/h2-3,6-7,10-11,17H,1,4-5,8-9,12-16H2,(H,22,23). The molecule has 2 fully saturated rings. The Bertz CT molecular complexity index is 732. The summed E-state index contributed by atoms with van der Waals surface area (Å²) in [6.45, 7) is 4.53. The Hall–Kier alpha value is -2.34. The summed E-state index contributed by atoms with van der Waals surface area (Å²) < 4.78 is 6.28. The number of amides is 1. The zero-order chi connectivity index (χ0) is 18.5. The van der Waals surface area contributed by atoms with Crippen LogP contribution in [0.1, 0.15) is 48.3 Å². The molecular weight excluding hydrogens is 340 g/mol. The summed E-state index contributed by atoms with van der Waals surface area (Å²) in [5, 5.41) is 0. The highest BCUT2D eigenvalue weighted by atomic mass is 16.5. The third-order valence-corrected chi connectivity index (χ3v) is 5.52. The number of H-pyrrole nitrogens is 1. The lowest BCUT2D eigenvalue weighted by atomic mass is 10.1. The molecule has 0 saturated carbocycles. The van der Waals surface area contributed by atoms with Crippen LogP contribution in [0, 0.1) is 0 Å². The van der Waals surface area contributed by atoms with Gasteiger partial charge in [-0.15, -0.1) is 0 Å². The second-order valence-corrected chi connectivity index (χ2v) is 7.48. The van der Waals surface area contributed by atoms with Crippen LogP contribution in [0.4, 0.5) is 0 Å². The van der Waals surface area contributed by atoms with Crippen molar-refractivity contribution in [1.29, 1.82) is 0 Å². The van der Waals surface area contributed by atoms with E-state index in [4.69, 9.17) is 4.74 Å². The summed E-state index contributed by atoms with van der Waals surface area (Å²) in [6.07, 6.45) is 9.17. The Balaban J connectivity index is 1.35. The predicted octanol–water partition coefficient (Wildman–Crippen LogP) is 3.08. The first-order valence-electron chi connectivity index (χ1n) is 10.0. The second-order valence-electron chi connectivity index (χ2n) is 7.48. The molecule has 6 nitrogen and oxygen atoms in total. The van der Waals surface area contributed by atoms with Gasteiger partial charge in [0.2, 0.25) is 0 Å². The van der Waals surface area contributed by atoms with E-state index in [1.165, 1.54) is 6.42 Å². The number of nitrogens with one attached hydrogen (secondary N) is 1. The maximum absolute atomic E-state index is 12.9. The Morgan fingerprint density at radius 2 is 1.89 bits per heavy atom. The molecule has 0 bridgehead atoms. The normalized spacial score (nSPS) is 19.2. The predicted molar refractivity (Wildman–Crippen MR) is 104 cm³/mol. The number of carbonyl (C=O) groups is 1. The van der Waals surface area contributed by atoms with Gasteiger partial charge in [0.25, 0.3) is 5.91 Å². The lowest BCUT2D eigenvalue weighted by molar-refractivity contribution is 0.0701. The number of benzene rings is 1. The van der Waals surface area contributed by atoms with Crippen molar-refractivity contribution in [3.63, 3.8) is 0 Å². The summed E-state index contributed by atoms with van der Waals surface area (Å²) in [5.41, 5.74) is 0.706. The van der Waals surface area contributed by atoms with E-state index in [-0.39, 0.29) is 12.0 Å². The van der Waals surface area contributed by atoms with Crippen LogP contribution in [0.25, 0.3) is 0 Å². The number of likely N-dealkylation sites (tertiary alicyclic amines) is 2. The number of imidazole rings is 1. The van der Waals surface area contributed by atoms with Crippen molar-refractivity contribution in [2.75, 3.05) is 26.2 Å². The average molecular weight is 368 g/mol. The first kappa shape index (κ1) is 18.0. The smallest absolute Gasteiger partial charge is 0.257 e. The molecule has 2 aromatic rings. The second kappa shape index (κ2) is 8.57. The van der Waals surface area contributed by atoms with E-state index < -0.39 is 0 Å². The first-order valence-corrected chi connectivity index (χ1v) is 10.0.